The van der Waals surface area contributed by atoms with Crippen LogP contribution in [-0.2, 0) is 0 Å². The summed E-state index contributed by atoms with van der Waals surface area (Å²) in [6.07, 6.45) is 1.39. The Balaban J connectivity index is 3.01. The molecule has 3 nitrogen and oxygen atoms in total. The summed E-state index contributed by atoms with van der Waals surface area (Å²) < 4.78 is 5.46. The lowest BCUT2D eigenvalue weighted by Gasteiger charge is -2.13. The van der Waals surface area contributed by atoms with Gasteiger partial charge in [0.25, 0.3) is 0 Å². The van der Waals surface area contributed by atoms with Gasteiger partial charge in [0.1, 0.15) is 5.60 Å². The first-order valence-corrected chi connectivity index (χ1v) is 4.22. The van der Waals surface area contributed by atoms with E-state index >= 15 is 0 Å². The lowest BCUT2D eigenvalue weighted by molar-refractivity contribution is 0.0458. The third kappa shape index (κ3) is 1.76. The quantitative estimate of drug-likeness (QED) is 0.794. The van der Waals surface area contributed by atoms with E-state index < -0.39 is 11.4 Å². The fraction of sp³-hybridized carbons (Fsp3) is 0.375. The number of Topliss-reactive ketones (excluding diaryl/α,β-unsaturated/α-hetero) is 1. The van der Waals surface area contributed by atoms with Gasteiger partial charge in [0, 0.05) is 0 Å². The molecule has 4 heteroatoms. The first-order valence-electron chi connectivity index (χ1n) is 3.43. The van der Waals surface area contributed by atoms with Crippen molar-refractivity contribution in [2.24, 2.45) is 0 Å². The molecule has 0 radical (unpaired) electrons. The SMILES string of the molecule is CC(C)(O)C(=O)c1occc1Br. The van der Waals surface area contributed by atoms with Crippen LogP contribution in [0.1, 0.15) is 24.4 Å². The Morgan fingerprint density at radius 3 is 2.58 bits per heavy atom. The minimum atomic E-state index is -1.39. The smallest absolute Gasteiger partial charge is 0.229 e. The molecule has 1 rings (SSSR count). The van der Waals surface area contributed by atoms with Gasteiger partial charge in [-0.05, 0) is 35.8 Å². The van der Waals surface area contributed by atoms with E-state index in [2.05, 4.69) is 15.9 Å². The predicted molar refractivity (Wildman–Crippen MR) is 47.0 cm³/mol. The van der Waals surface area contributed by atoms with Crippen molar-refractivity contribution in [3.05, 3.63) is 22.6 Å². The molecule has 1 heterocycles. The summed E-state index contributed by atoms with van der Waals surface area (Å²) in [6.45, 7) is 2.84. The number of rotatable bonds is 2. The molecule has 0 spiro atoms. The molecular formula is C8H9BrO3. The van der Waals surface area contributed by atoms with Gasteiger partial charge < -0.3 is 9.52 Å². The molecule has 0 saturated carbocycles. The third-order valence-corrected chi connectivity index (χ3v) is 2.00. The standard InChI is InChI=1S/C8H9BrO3/c1-8(2,11)7(10)6-5(9)3-4-12-6/h3-4,11H,1-2H3. The molecule has 0 saturated heterocycles. The number of carbonyl (C=O) groups excluding carboxylic acids is 1. The molecule has 0 fully saturated rings. The van der Waals surface area contributed by atoms with Gasteiger partial charge in [0.15, 0.2) is 5.76 Å². The van der Waals surface area contributed by atoms with Crippen molar-refractivity contribution in [2.45, 2.75) is 19.4 Å². The van der Waals surface area contributed by atoms with Crippen LogP contribution in [-0.4, -0.2) is 16.5 Å². The van der Waals surface area contributed by atoms with E-state index in [0.29, 0.717) is 4.47 Å². The van der Waals surface area contributed by atoms with E-state index in [0.717, 1.165) is 0 Å². The number of halogens is 1. The number of ketones is 1. The zero-order chi connectivity index (χ0) is 9.35. The number of carbonyl (C=O) groups is 1. The summed E-state index contributed by atoms with van der Waals surface area (Å²) >= 11 is 3.13. The molecule has 0 aromatic carbocycles. The second-order valence-electron chi connectivity index (χ2n) is 2.99. The summed E-state index contributed by atoms with van der Waals surface area (Å²) in [6, 6.07) is 1.61. The van der Waals surface area contributed by atoms with Crippen LogP contribution in [0.3, 0.4) is 0 Å². The Labute approximate surface area is 78.5 Å². The molecular weight excluding hydrogens is 224 g/mol. The number of furan rings is 1. The molecule has 0 atom stereocenters. The summed E-state index contributed by atoms with van der Waals surface area (Å²) in [7, 11) is 0. The second-order valence-corrected chi connectivity index (χ2v) is 3.84. The molecule has 0 unspecified atom stereocenters. The van der Waals surface area contributed by atoms with Crippen LogP contribution in [0, 0.1) is 0 Å². The van der Waals surface area contributed by atoms with Crippen LogP contribution in [0.4, 0.5) is 0 Å². The highest BCUT2D eigenvalue weighted by Crippen LogP contribution is 2.22. The lowest BCUT2D eigenvalue weighted by Crippen LogP contribution is -2.30. The van der Waals surface area contributed by atoms with E-state index in [1.165, 1.54) is 20.1 Å². The largest absolute Gasteiger partial charge is 0.460 e. The van der Waals surface area contributed by atoms with E-state index in [-0.39, 0.29) is 5.76 Å². The third-order valence-electron chi connectivity index (χ3n) is 1.38. The predicted octanol–water partition coefficient (Wildman–Crippen LogP) is 2.00. The van der Waals surface area contributed by atoms with Gasteiger partial charge in [0.05, 0.1) is 10.7 Å². The monoisotopic (exact) mass is 232 g/mol. The van der Waals surface area contributed by atoms with E-state index in [4.69, 9.17) is 4.42 Å². The van der Waals surface area contributed by atoms with Gasteiger partial charge >= 0.3 is 0 Å². The molecule has 1 aromatic rings. The minimum Gasteiger partial charge on any atom is -0.460 e. The molecule has 12 heavy (non-hydrogen) atoms. The Morgan fingerprint density at radius 1 is 1.67 bits per heavy atom. The Kier molecular flexibility index (Phi) is 2.39. The summed E-state index contributed by atoms with van der Waals surface area (Å²) in [4.78, 5) is 11.4. The fourth-order valence-corrected chi connectivity index (χ4v) is 1.12. The maximum absolute atomic E-state index is 11.4. The number of hydrogen-bond acceptors (Lipinski definition) is 3. The number of hydrogen-bond donors (Lipinski definition) is 1. The zero-order valence-corrected chi connectivity index (χ0v) is 8.38. The maximum atomic E-state index is 11.4. The second kappa shape index (κ2) is 3.03. The van der Waals surface area contributed by atoms with Gasteiger partial charge in [-0.1, -0.05) is 0 Å². The molecule has 1 aromatic heterocycles. The summed E-state index contributed by atoms with van der Waals surface area (Å²) in [5.74, 6) is -0.276. The fourth-order valence-electron chi connectivity index (χ4n) is 0.734. The van der Waals surface area contributed by atoms with Gasteiger partial charge in [-0.25, -0.2) is 0 Å². The molecule has 0 aliphatic heterocycles. The Bertz CT molecular complexity index is 295. The maximum Gasteiger partial charge on any atom is 0.229 e. The Hall–Kier alpha value is -0.610. The highest BCUT2D eigenvalue weighted by Gasteiger charge is 2.29. The van der Waals surface area contributed by atoms with E-state index in [1.807, 2.05) is 0 Å². The summed E-state index contributed by atoms with van der Waals surface area (Å²) in [5, 5.41) is 9.35. The van der Waals surface area contributed by atoms with Crippen molar-refractivity contribution in [1.29, 1.82) is 0 Å². The zero-order valence-electron chi connectivity index (χ0n) is 6.80. The van der Waals surface area contributed by atoms with Crippen LogP contribution in [0.25, 0.3) is 0 Å². The molecule has 0 bridgehead atoms. The molecule has 0 amide bonds. The van der Waals surface area contributed by atoms with Crippen molar-refractivity contribution >= 4 is 21.7 Å². The van der Waals surface area contributed by atoms with Crippen LogP contribution >= 0.6 is 15.9 Å². The van der Waals surface area contributed by atoms with Gasteiger partial charge in [-0.2, -0.15) is 0 Å². The van der Waals surface area contributed by atoms with Gasteiger partial charge in [-0.3, -0.25) is 4.79 Å². The van der Waals surface area contributed by atoms with Crippen LogP contribution in [0.5, 0.6) is 0 Å². The average Bonchev–Trinajstić information content (AvgIpc) is 2.31. The van der Waals surface area contributed by atoms with E-state index in [9.17, 15) is 9.90 Å². The van der Waals surface area contributed by atoms with Gasteiger partial charge in [-0.15, -0.1) is 0 Å². The van der Waals surface area contributed by atoms with Crippen molar-refractivity contribution in [2.75, 3.05) is 0 Å². The summed E-state index contributed by atoms with van der Waals surface area (Å²) in [5.41, 5.74) is -1.39. The normalized spacial score (nSPS) is 11.7. The van der Waals surface area contributed by atoms with Crippen molar-refractivity contribution in [1.82, 2.24) is 0 Å². The highest BCUT2D eigenvalue weighted by atomic mass is 79.9. The molecule has 1 N–H and O–H groups in total. The van der Waals surface area contributed by atoms with Crippen molar-refractivity contribution in [3.63, 3.8) is 0 Å². The van der Waals surface area contributed by atoms with Crippen LogP contribution in [0.2, 0.25) is 0 Å². The Morgan fingerprint density at radius 2 is 2.25 bits per heavy atom. The average molecular weight is 233 g/mol. The van der Waals surface area contributed by atoms with Crippen molar-refractivity contribution < 1.29 is 14.3 Å². The van der Waals surface area contributed by atoms with Crippen LogP contribution < -0.4 is 0 Å². The molecule has 0 aliphatic rings. The van der Waals surface area contributed by atoms with E-state index in [1.54, 1.807) is 6.07 Å². The van der Waals surface area contributed by atoms with Crippen molar-refractivity contribution in [3.8, 4) is 0 Å². The highest BCUT2D eigenvalue weighted by molar-refractivity contribution is 9.10. The lowest BCUT2D eigenvalue weighted by atomic mass is 10.0. The minimum absolute atomic E-state index is 0.155. The van der Waals surface area contributed by atoms with Crippen LogP contribution in [0.15, 0.2) is 21.2 Å². The number of aliphatic hydroxyl groups is 1. The first-order chi connectivity index (χ1) is 5.43. The van der Waals surface area contributed by atoms with Gasteiger partial charge in [0.2, 0.25) is 5.78 Å². The molecule has 66 valence electrons. The topological polar surface area (TPSA) is 50.4 Å². The molecule has 0 aliphatic carbocycles. The first kappa shape index (κ1) is 9.48.